The van der Waals surface area contributed by atoms with Gasteiger partial charge in [-0.2, -0.15) is 0 Å². The van der Waals surface area contributed by atoms with Crippen molar-refractivity contribution in [2.75, 3.05) is 7.11 Å². The number of ether oxygens (including phenoxy) is 1. The predicted molar refractivity (Wildman–Crippen MR) is 80.5 cm³/mol. The van der Waals surface area contributed by atoms with Crippen LogP contribution in [-0.2, 0) is 0 Å². The van der Waals surface area contributed by atoms with Gasteiger partial charge >= 0.3 is 0 Å². The standard InChI is InChI=1S/C14H12Cl3NO/c1-19-13-7-9(3-5-11(13)16)14(18)8-2-4-10(15)12(17)6-8/h2-7,14H,18H2,1H3. The lowest BCUT2D eigenvalue weighted by Gasteiger charge is -2.15. The SMILES string of the molecule is COc1cc(C(N)c2ccc(Cl)c(Cl)c2)ccc1Cl. The molecule has 2 rings (SSSR count). The molecular formula is C14H12Cl3NO. The smallest absolute Gasteiger partial charge is 0.137 e. The van der Waals surface area contributed by atoms with Crippen LogP contribution in [0, 0.1) is 0 Å². The minimum atomic E-state index is -0.319. The average Bonchev–Trinajstić information content (AvgIpc) is 2.41. The molecule has 0 spiro atoms. The second-order valence-corrected chi connectivity index (χ2v) is 5.27. The maximum absolute atomic E-state index is 6.21. The maximum Gasteiger partial charge on any atom is 0.137 e. The van der Waals surface area contributed by atoms with E-state index < -0.39 is 0 Å². The van der Waals surface area contributed by atoms with E-state index in [0.717, 1.165) is 11.1 Å². The van der Waals surface area contributed by atoms with Crippen molar-refractivity contribution in [2.45, 2.75) is 6.04 Å². The van der Waals surface area contributed by atoms with Crippen molar-refractivity contribution in [1.29, 1.82) is 0 Å². The van der Waals surface area contributed by atoms with E-state index in [4.69, 9.17) is 45.3 Å². The molecule has 1 unspecified atom stereocenters. The molecule has 0 saturated heterocycles. The van der Waals surface area contributed by atoms with Gasteiger partial charge in [0.1, 0.15) is 5.75 Å². The fourth-order valence-corrected chi connectivity index (χ4v) is 2.27. The molecule has 0 aliphatic rings. The Morgan fingerprint density at radius 2 is 1.47 bits per heavy atom. The molecule has 2 aromatic carbocycles. The third kappa shape index (κ3) is 3.15. The van der Waals surface area contributed by atoms with Gasteiger partial charge in [-0.1, -0.05) is 46.9 Å². The van der Waals surface area contributed by atoms with Crippen molar-refractivity contribution in [3.05, 3.63) is 62.6 Å². The van der Waals surface area contributed by atoms with Gasteiger partial charge < -0.3 is 10.5 Å². The zero-order chi connectivity index (χ0) is 14.0. The normalized spacial score (nSPS) is 12.3. The van der Waals surface area contributed by atoms with Gasteiger partial charge in [0.15, 0.2) is 0 Å². The Morgan fingerprint density at radius 1 is 0.895 bits per heavy atom. The van der Waals surface area contributed by atoms with E-state index in [1.165, 1.54) is 0 Å². The molecule has 2 nitrogen and oxygen atoms in total. The van der Waals surface area contributed by atoms with Crippen molar-refractivity contribution < 1.29 is 4.74 Å². The highest BCUT2D eigenvalue weighted by Gasteiger charge is 2.12. The average molecular weight is 317 g/mol. The molecule has 0 saturated carbocycles. The minimum absolute atomic E-state index is 0.319. The first-order valence-electron chi connectivity index (χ1n) is 5.57. The summed E-state index contributed by atoms with van der Waals surface area (Å²) in [7, 11) is 1.57. The molecule has 1 atom stereocenters. The maximum atomic E-state index is 6.21. The first-order valence-corrected chi connectivity index (χ1v) is 6.70. The number of nitrogens with two attached hydrogens (primary N) is 1. The van der Waals surface area contributed by atoms with Gasteiger partial charge in [0.05, 0.1) is 28.2 Å². The van der Waals surface area contributed by atoms with Crippen LogP contribution in [0.4, 0.5) is 0 Å². The van der Waals surface area contributed by atoms with Gasteiger partial charge in [-0.3, -0.25) is 0 Å². The summed E-state index contributed by atoms with van der Waals surface area (Å²) in [6, 6.07) is 10.4. The van der Waals surface area contributed by atoms with Crippen LogP contribution in [0.1, 0.15) is 17.2 Å². The summed E-state index contributed by atoms with van der Waals surface area (Å²) >= 11 is 17.9. The second-order valence-electron chi connectivity index (χ2n) is 4.05. The van der Waals surface area contributed by atoms with Gasteiger partial charge in [0.25, 0.3) is 0 Å². The Morgan fingerprint density at radius 3 is 2.05 bits per heavy atom. The molecule has 0 bridgehead atoms. The Labute approximate surface area is 127 Å². The van der Waals surface area contributed by atoms with E-state index >= 15 is 0 Å². The predicted octanol–water partition coefficient (Wildman–Crippen LogP) is 4.70. The monoisotopic (exact) mass is 315 g/mol. The van der Waals surface area contributed by atoms with Crippen LogP contribution >= 0.6 is 34.8 Å². The Balaban J connectivity index is 2.37. The van der Waals surface area contributed by atoms with Crippen molar-refractivity contribution in [1.82, 2.24) is 0 Å². The zero-order valence-electron chi connectivity index (χ0n) is 10.2. The molecule has 19 heavy (non-hydrogen) atoms. The molecule has 5 heteroatoms. The molecule has 0 aliphatic heterocycles. The van der Waals surface area contributed by atoms with E-state index in [9.17, 15) is 0 Å². The highest BCUT2D eigenvalue weighted by Crippen LogP contribution is 2.31. The number of hydrogen-bond donors (Lipinski definition) is 1. The van der Waals surface area contributed by atoms with E-state index in [0.29, 0.717) is 20.8 Å². The van der Waals surface area contributed by atoms with Gasteiger partial charge in [-0.25, -0.2) is 0 Å². The molecule has 0 amide bonds. The molecule has 0 heterocycles. The van der Waals surface area contributed by atoms with Crippen LogP contribution in [0.5, 0.6) is 5.75 Å². The third-order valence-corrected chi connectivity index (χ3v) is 3.89. The second kappa shape index (κ2) is 6.02. The minimum Gasteiger partial charge on any atom is -0.495 e. The molecule has 0 aromatic heterocycles. The number of methoxy groups -OCH3 is 1. The lowest BCUT2D eigenvalue weighted by atomic mass is 9.99. The first-order chi connectivity index (χ1) is 9.02. The first kappa shape index (κ1) is 14.5. The van der Waals surface area contributed by atoms with Crippen LogP contribution < -0.4 is 10.5 Å². The largest absolute Gasteiger partial charge is 0.495 e. The van der Waals surface area contributed by atoms with Gasteiger partial charge in [0.2, 0.25) is 0 Å². The summed E-state index contributed by atoms with van der Waals surface area (Å²) in [5.41, 5.74) is 7.97. The summed E-state index contributed by atoms with van der Waals surface area (Å²) in [4.78, 5) is 0. The number of benzene rings is 2. The third-order valence-electron chi connectivity index (χ3n) is 2.84. The van der Waals surface area contributed by atoms with E-state index in [2.05, 4.69) is 0 Å². The molecule has 2 aromatic rings. The van der Waals surface area contributed by atoms with Crippen LogP contribution in [0.25, 0.3) is 0 Å². The molecule has 0 fully saturated rings. The van der Waals surface area contributed by atoms with Crippen LogP contribution in [0.2, 0.25) is 15.1 Å². The summed E-state index contributed by atoms with van der Waals surface area (Å²) < 4.78 is 5.18. The van der Waals surface area contributed by atoms with Crippen LogP contribution in [-0.4, -0.2) is 7.11 Å². The van der Waals surface area contributed by atoms with Crippen molar-refractivity contribution in [3.63, 3.8) is 0 Å². The summed E-state index contributed by atoms with van der Waals surface area (Å²) in [5, 5.41) is 1.54. The summed E-state index contributed by atoms with van der Waals surface area (Å²) in [6.07, 6.45) is 0. The number of hydrogen-bond acceptors (Lipinski definition) is 2. The van der Waals surface area contributed by atoms with E-state index in [-0.39, 0.29) is 6.04 Å². The van der Waals surface area contributed by atoms with Gasteiger partial charge in [-0.15, -0.1) is 0 Å². The quantitative estimate of drug-likeness (QED) is 0.890. The Bertz CT molecular complexity index is 601. The zero-order valence-corrected chi connectivity index (χ0v) is 12.4. The lowest BCUT2D eigenvalue weighted by Crippen LogP contribution is -2.11. The topological polar surface area (TPSA) is 35.2 Å². The molecule has 0 aliphatic carbocycles. The van der Waals surface area contributed by atoms with E-state index in [1.807, 2.05) is 18.2 Å². The van der Waals surface area contributed by atoms with Crippen molar-refractivity contribution in [3.8, 4) is 5.75 Å². The lowest BCUT2D eigenvalue weighted by molar-refractivity contribution is 0.414. The fourth-order valence-electron chi connectivity index (χ4n) is 1.77. The van der Waals surface area contributed by atoms with Crippen molar-refractivity contribution >= 4 is 34.8 Å². The Hall–Kier alpha value is -0.930. The number of rotatable bonds is 3. The Kier molecular flexibility index (Phi) is 4.58. The fraction of sp³-hybridized carbons (Fsp3) is 0.143. The van der Waals surface area contributed by atoms with E-state index in [1.54, 1.807) is 25.3 Å². The van der Waals surface area contributed by atoms with Crippen LogP contribution in [0.3, 0.4) is 0 Å². The molecule has 2 N–H and O–H groups in total. The van der Waals surface area contributed by atoms with Gasteiger partial charge in [-0.05, 0) is 35.4 Å². The molecule has 100 valence electrons. The molecule has 0 radical (unpaired) electrons. The highest BCUT2D eigenvalue weighted by molar-refractivity contribution is 6.42. The summed E-state index contributed by atoms with van der Waals surface area (Å²) in [5.74, 6) is 0.592. The van der Waals surface area contributed by atoms with Crippen molar-refractivity contribution in [2.24, 2.45) is 5.73 Å². The van der Waals surface area contributed by atoms with Crippen LogP contribution in [0.15, 0.2) is 36.4 Å². The van der Waals surface area contributed by atoms with Gasteiger partial charge in [0, 0.05) is 0 Å². The number of halogens is 3. The highest BCUT2D eigenvalue weighted by atomic mass is 35.5. The molecular weight excluding hydrogens is 305 g/mol. The summed E-state index contributed by atoms with van der Waals surface area (Å²) in [6.45, 7) is 0.